The van der Waals surface area contributed by atoms with E-state index in [4.69, 9.17) is 5.73 Å². The maximum Gasteiger partial charge on any atom is 0.322 e. The van der Waals surface area contributed by atoms with Crippen LogP contribution in [0.15, 0.2) is 48.5 Å². The first-order chi connectivity index (χ1) is 11.1. The van der Waals surface area contributed by atoms with Crippen molar-refractivity contribution in [3.05, 3.63) is 65.2 Å². The summed E-state index contributed by atoms with van der Waals surface area (Å²) in [6, 6.07) is 14.9. The minimum atomic E-state index is -0.472. The number of primary amides is 1. The maximum atomic E-state index is 12.5. The molecule has 5 heteroatoms. The molecule has 118 valence electrons. The molecule has 1 aliphatic rings. The quantitative estimate of drug-likeness (QED) is 0.913. The molecule has 2 aromatic carbocycles. The number of rotatable bonds is 3. The Bertz CT molecular complexity index is 757. The van der Waals surface area contributed by atoms with Gasteiger partial charge in [-0.1, -0.05) is 30.3 Å². The van der Waals surface area contributed by atoms with E-state index in [1.807, 2.05) is 31.2 Å². The number of amides is 3. The Hall–Kier alpha value is -2.82. The van der Waals surface area contributed by atoms with Crippen molar-refractivity contribution >= 4 is 17.6 Å². The Labute approximate surface area is 135 Å². The monoisotopic (exact) mass is 309 g/mol. The molecule has 1 heterocycles. The lowest BCUT2D eigenvalue weighted by molar-refractivity contribution is 0.1000. The number of nitrogens with zero attached hydrogens (tertiary/aromatic N) is 1. The molecule has 0 saturated carbocycles. The van der Waals surface area contributed by atoms with Gasteiger partial charge in [-0.25, -0.2) is 4.79 Å². The molecule has 1 aliphatic heterocycles. The second-order valence-electron chi connectivity index (χ2n) is 5.78. The predicted molar refractivity (Wildman–Crippen MR) is 89.3 cm³/mol. The summed E-state index contributed by atoms with van der Waals surface area (Å²) in [5, 5.41) is 2.91. The number of para-hydroxylation sites is 1. The topological polar surface area (TPSA) is 75.4 Å². The average Bonchev–Trinajstić information content (AvgIpc) is 2.88. The Kier molecular flexibility index (Phi) is 4.02. The predicted octanol–water partition coefficient (Wildman–Crippen LogP) is 2.45. The van der Waals surface area contributed by atoms with Crippen LogP contribution in [0.4, 0.5) is 10.5 Å². The number of benzene rings is 2. The summed E-state index contributed by atoms with van der Waals surface area (Å²) in [6.07, 6.45) is 0.862. The molecule has 0 fully saturated rings. The van der Waals surface area contributed by atoms with E-state index in [-0.39, 0.29) is 12.1 Å². The fourth-order valence-corrected chi connectivity index (χ4v) is 2.97. The molecule has 0 saturated heterocycles. The van der Waals surface area contributed by atoms with Gasteiger partial charge in [0.2, 0.25) is 5.91 Å². The normalized spacial score (nSPS) is 16.0. The first-order valence-electron chi connectivity index (χ1n) is 7.60. The highest BCUT2D eigenvalue weighted by molar-refractivity contribution is 5.95. The molecular formula is C18H19N3O2. The van der Waals surface area contributed by atoms with Gasteiger partial charge in [0.1, 0.15) is 0 Å². The van der Waals surface area contributed by atoms with Gasteiger partial charge in [0.15, 0.2) is 0 Å². The summed E-state index contributed by atoms with van der Waals surface area (Å²) in [6.45, 7) is 2.39. The van der Waals surface area contributed by atoms with Crippen LogP contribution in [0.3, 0.4) is 0 Å². The molecule has 3 rings (SSSR count). The third-order valence-electron chi connectivity index (χ3n) is 4.08. The number of urea groups is 1. The zero-order valence-corrected chi connectivity index (χ0v) is 13.0. The fourth-order valence-electron chi connectivity index (χ4n) is 2.97. The number of hydrogen-bond donors (Lipinski definition) is 2. The lowest BCUT2D eigenvalue weighted by Crippen LogP contribution is -2.43. The van der Waals surface area contributed by atoms with Crippen molar-refractivity contribution in [1.82, 2.24) is 5.32 Å². The highest BCUT2D eigenvalue weighted by Gasteiger charge is 2.30. The maximum absolute atomic E-state index is 12.5. The first kappa shape index (κ1) is 15.1. The highest BCUT2D eigenvalue weighted by Crippen LogP contribution is 2.31. The molecule has 3 N–H and O–H groups in total. The molecular weight excluding hydrogens is 290 g/mol. The Morgan fingerprint density at radius 2 is 2.00 bits per heavy atom. The van der Waals surface area contributed by atoms with Gasteiger partial charge in [-0.15, -0.1) is 0 Å². The van der Waals surface area contributed by atoms with E-state index < -0.39 is 5.91 Å². The number of carbonyl (C=O) groups is 2. The first-order valence-corrected chi connectivity index (χ1v) is 7.60. The van der Waals surface area contributed by atoms with Crippen LogP contribution in [-0.4, -0.2) is 18.0 Å². The molecule has 3 amide bonds. The van der Waals surface area contributed by atoms with Crippen LogP contribution in [0.2, 0.25) is 0 Å². The lowest BCUT2D eigenvalue weighted by atomic mass is 10.1. The van der Waals surface area contributed by atoms with E-state index in [1.54, 1.807) is 23.1 Å². The van der Waals surface area contributed by atoms with Gasteiger partial charge in [-0.05, 0) is 42.7 Å². The standard InChI is InChI=1S/C18H19N3O2/c1-12-9-14-6-2-3-8-16(14)21(12)18(23)20-11-13-5-4-7-15(10-13)17(19)22/h2-8,10,12H,9,11H2,1H3,(H2,19,22)(H,20,23). The summed E-state index contributed by atoms with van der Waals surface area (Å²) in [7, 11) is 0. The minimum absolute atomic E-state index is 0.129. The van der Waals surface area contributed by atoms with Crippen molar-refractivity contribution in [2.75, 3.05) is 4.90 Å². The zero-order valence-electron chi connectivity index (χ0n) is 13.0. The van der Waals surface area contributed by atoms with Crippen molar-refractivity contribution in [2.24, 2.45) is 5.73 Å². The minimum Gasteiger partial charge on any atom is -0.366 e. The van der Waals surface area contributed by atoms with Gasteiger partial charge < -0.3 is 11.1 Å². The average molecular weight is 309 g/mol. The van der Waals surface area contributed by atoms with Gasteiger partial charge in [-0.2, -0.15) is 0 Å². The molecule has 1 unspecified atom stereocenters. The molecule has 23 heavy (non-hydrogen) atoms. The third-order valence-corrected chi connectivity index (χ3v) is 4.08. The van der Waals surface area contributed by atoms with Crippen molar-refractivity contribution < 1.29 is 9.59 Å². The summed E-state index contributed by atoms with van der Waals surface area (Å²) in [4.78, 5) is 25.5. The molecule has 1 atom stereocenters. The van der Waals surface area contributed by atoms with Gasteiger partial charge in [0.05, 0.1) is 0 Å². The van der Waals surface area contributed by atoms with E-state index in [2.05, 4.69) is 11.4 Å². The van der Waals surface area contributed by atoms with Crippen molar-refractivity contribution in [3.63, 3.8) is 0 Å². The SMILES string of the molecule is CC1Cc2ccccc2N1C(=O)NCc1cccc(C(N)=O)c1. The Morgan fingerprint density at radius 1 is 1.22 bits per heavy atom. The number of anilines is 1. The molecule has 0 radical (unpaired) electrons. The smallest absolute Gasteiger partial charge is 0.322 e. The number of hydrogen-bond acceptors (Lipinski definition) is 2. The van der Waals surface area contributed by atoms with Gasteiger partial charge >= 0.3 is 6.03 Å². The van der Waals surface area contributed by atoms with Crippen LogP contribution in [0.25, 0.3) is 0 Å². The molecule has 5 nitrogen and oxygen atoms in total. The Balaban J connectivity index is 1.71. The molecule has 2 aromatic rings. The number of fused-ring (bicyclic) bond motifs is 1. The van der Waals surface area contributed by atoms with E-state index in [1.165, 1.54) is 5.56 Å². The summed E-state index contributed by atoms with van der Waals surface area (Å²) in [5.74, 6) is -0.472. The van der Waals surface area contributed by atoms with E-state index in [0.29, 0.717) is 12.1 Å². The van der Waals surface area contributed by atoms with Gasteiger partial charge in [0.25, 0.3) is 0 Å². The van der Waals surface area contributed by atoms with Crippen LogP contribution in [0.1, 0.15) is 28.4 Å². The fraction of sp³-hybridized carbons (Fsp3) is 0.222. The van der Waals surface area contributed by atoms with E-state index in [0.717, 1.165) is 17.7 Å². The zero-order chi connectivity index (χ0) is 16.4. The second-order valence-corrected chi connectivity index (χ2v) is 5.78. The Morgan fingerprint density at radius 3 is 2.78 bits per heavy atom. The third kappa shape index (κ3) is 3.04. The van der Waals surface area contributed by atoms with Crippen molar-refractivity contribution in [1.29, 1.82) is 0 Å². The van der Waals surface area contributed by atoms with Crippen LogP contribution in [-0.2, 0) is 13.0 Å². The van der Waals surface area contributed by atoms with Gasteiger partial charge in [-0.3, -0.25) is 9.69 Å². The molecule has 0 spiro atoms. The van der Waals surface area contributed by atoms with Crippen LogP contribution in [0, 0.1) is 0 Å². The number of carbonyl (C=O) groups excluding carboxylic acids is 2. The van der Waals surface area contributed by atoms with Crippen LogP contribution < -0.4 is 16.0 Å². The summed E-state index contributed by atoms with van der Waals surface area (Å²) >= 11 is 0. The number of nitrogens with two attached hydrogens (primary N) is 1. The van der Waals surface area contributed by atoms with Crippen LogP contribution >= 0.6 is 0 Å². The second kappa shape index (κ2) is 6.12. The summed E-state index contributed by atoms with van der Waals surface area (Å²) < 4.78 is 0. The van der Waals surface area contributed by atoms with E-state index in [9.17, 15) is 9.59 Å². The summed E-state index contributed by atoms with van der Waals surface area (Å²) in [5.41, 5.74) is 8.71. The van der Waals surface area contributed by atoms with E-state index >= 15 is 0 Å². The van der Waals surface area contributed by atoms with Crippen molar-refractivity contribution in [2.45, 2.75) is 25.9 Å². The van der Waals surface area contributed by atoms with Crippen molar-refractivity contribution in [3.8, 4) is 0 Å². The van der Waals surface area contributed by atoms with Gasteiger partial charge in [0, 0.05) is 23.8 Å². The molecule has 0 bridgehead atoms. The highest BCUT2D eigenvalue weighted by atomic mass is 16.2. The van der Waals surface area contributed by atoms with Crippen LogP contribution in [0.5, 0.6) is 0 Å². The lowest BCUT2D eigenvalue weighted by Gasteiger charge is -2.23. The molecule has 0 aromatic heterocycles. The molecule has 0 aliphatic carbocycles. The largest absolute Gasteiger partial charge is 0.366 e. The number of nitrogens with one attached hydrogen (secondary N) is 1.